The highest BCUT2D eigenvalue weighted by Crippen LogP contribution is 2.09. The minimum absolute atomic E-state index is 0.0915. The van der Waals surface area contributed by atoms with Crippen LogP contribution in [0.4, 0.5) is 5.69 Å². The monoisotopic (exact) mass is 277 g/mol. The Morgan fingerprint density at radius 2 is 1.80 bits per heavy atom. The Labute approximate surface area is 120 Å². The quantitative estimate of drug-likeness (QED) is 0.711. The minimum Gasteiger partial charge on any atom is -0.352 e. The molecule has 5 heteroatoms. The molecule has 110 valence electrons. The maximum atomic E-state index is 11.7. The van der Waals surface area contributed by atoms with Gasteiger partial charge in [0.05, 0.1) is 6.54 Å². The molecule has 0 spiro atoms. The molecule has 5 nitrogen and oxygen atoms in total. The molecule has 0 aliphatic heterocycles. The molecule has 3 N–H and O–H groups in total. The summed E-state index contributed by atoms with van der Waals surface area (Å²) in [4.78, 5) is 23.3. The van der Waals surface area contributed by atoms with E-state index >= 15 is 0 Å². The van der Waals surface area contributed by atoms with Crippen molar-refractivity contribution in [3.05, 3.63) is 29.8 Å². The van der Waals surface area contributed by atoms with Gasteiger partial charge in [0.25, 0.3) is 5.91 Å². The Kier molecular flexibility index (Phi) is 6.73. The highest BCUT2D eigenvalue weighted by molar-refractivity contribution is 5.96. The predicted octanol–water partition coefficient (Wildman–Crippen LogP) is 1.76. The lowest BCUT2D eigenvalue weighted by atomic mass is 10.2. The first-order valence-electron chi connectivity index (χ1n) is 6.94. The van der Waals surface area contributed by atoms with E-state index in [1.807, 2.05) is 20.8 Å². The first kappa shape index (κ1) is 16.2. The van der Waals surface area contributed by atoms with Crippen molar-refractivity contribution in [2.45, 2.75) is 33.2 Å². The van der Waals surface area contributed by atoms with Crippen molar-refractivity contribution in [2.75, 3.05) is 18.4 Å². The SMILES string of the molecule is CCCNC(=O)c1ccc(NC(=O)CNC(C)C)cc1. The lowest BCUT2D eigenvalue weighted by Crippen LogP contribution is -2.32. The van der Waals surface area contributed by atoms with E-state index in [9.17, 15) is 9.59 Å². The lowest BCUT2D eigenvalue weighted by Gasteiger charge is -2.09. The summed E-state index contributed by atoms with van der Waals surface area (Å²) in [6.07, 6.45) is 0.905. The summed E-state index contributed by atoms with van der Waals surface area (Å²) in [5.74, 6) is -0.187. The summed E-state index contributed by atoms with van der Waals surface area (Å²) in [5.41, 5.74) is 1.28. The van der Waals surface area contributed by atoms with Gasteiger partial charge in [0.1, 0.15) is 0 Å². The molecule has 0 bridgehead atoms. The van der Waals surface area contributed by atoms with Crippen LogP contribution in [0.25, 0.3) is 0 Å². The highest BCUT2D eigenvalue weighted by Gasteiger charge is 2.06. The van der Waals surface area contributed by atoms with Gasteiger partial charge in [-0.1, -0.05) is 20.8 Å². The minimum atomic E-state index is -0.0955. The van der Waals surface area contributed by atoms with Crippen LogP contribution < -0.4 is 16.0 Å². The molecule has 0 radical (unpaired) electrons. The van der Waals surface area contributed by atoms with Crippen LogP contribution in [0.1, 0.15) is 37.6 Å². The van der Waals surface area contributed by atoms with Gasteiger partial charge in [0.15, 0.2) is 0 Å². The Hall–Kier alpha value is -1.88. The smallest absolute Gasteiger partial charge is 0.251 e. The molecule has 20 heavy (non-hydrogen) atoms. The van der Waals surface area contributed by atoms with E-state index in [2.05, 4.69) is 16.0 Å². The maximum Gasteiger partial charge on any atom is 0.251 e. The predicted molar refractivity (Wildman–Crippen MR) is 80.8 cm³/mol. The van der Waals surface area contributed by atoms with E-state index in [4.69, 9.17) is 0 Å². The van der Waals surface area contributed by atoms with E-state index < -0.39 is 0 Å². The zero-order chi connectivity index (χ0) is 15.0. The van der Waals surface area contributed by atoms with Crippen LogP contribution in [0.5, 0.6) is 0 Å². The average Bonchev–Trinajstić information content (AvgIpc) is 2.43. The number of anilines is 1. The van der Waals surface area contributed by atoms with Gasteiger partial charge in [-0.15, -0.1) is 0 Å². The number of nitrogens with one attached hydrogen (secondary N) is 3. The number of amides is 2. The Morgan fingerprint density at radius 3 is 2.35 bits per heavy atom. The normalized spacial score (nSPS) is 10.4. The first-order chi connectivity index (χ1) is 9.52. The fourth-order valence-electron chi connectivity index (χ4n) is 1.55. The molecule has 0 heterocycles. The Bertz CT molecular complexity index is 441. The molecule has 1 rings (SSSR count). The van der Waals surface area contributed by atoms with Gasteiger partial charge in [-0.3, -0.25) is 9.59 Å². The Balaban J connectivity index is 2.50. The fourth-order valence-corrected chi connectivity index (χ4v) is 1.55. The standard InChI is InChI=1S/C15H23N3O2/c1-4-9-16-15(20)12-5-7-13(8-6-12)18-14(19)10-17-11(2)3/h5-8,11,17H,4,9-10H2,1-3H3,(H,16,20)(H,18,19). The average molecular weight is 277 g/mol. The zero-order valence-corrected chi connectivity index (χ0v) is 12.3. The highest BCUT2D eigenvalue weighted by atomic mass is 16.2. The van der Waals surface area contributed by atoms with Gasteiger partial charge in [-0.2, -0.15) is 0 Å². The molecular formula is C15H23N3O2. The number of hydrogen-bond donors (Lipinski definition) is 3. The van der Waals surface area contributed by atoms with Gasteiger partial charge in [0, 0.05) is 23.8 Å². The molecule has 0 aliphatic rings. The third-order valence-corrected chi connectivity index (χ3v) is 2.64. The molecule has 0 fully saturated rings. The van der Waals surface area contributed by atoms with Crippen LogP contribution in [-0.2, 0) is 4.79 Å². The molecule has 0 saturated heterocycles. The molecule has 1 aromatic carbocycles. The van der Waals surface area contributed by atoms with Crippen molar-refractivity contribution in [1.29, 1.82) is 0 Å². The van der Waals surface area contributed by atoms with Crippen molar-refractivity contribution in [3.63, 3.8) is 0 Å². The number of hydrogen-bond acceptors (Lipinski definition) is 3. The lowest BCUT2D eigenvalue weighted by molar-refractivity contribution is -0.115. The number of carbonyl (C=O) groups is 2. The summed E-state index contributed by atoms with van der Waals surface area (Å²) in [6, 6.07) is 7.14. The summed E-state index contributed by atoms with van der Waals surface area (Å²) in [6.45, 7) is 6.91. The van der Waals surface area contributed by atoms with E-state index in [0.29, 0.717) is 17.8 Å². The van der Waals surface area contributed by atoms with Gasteiger partial charge >= 0.3 is 0 Å². The molecule has 0 saturated carbocycles. The first-order valence-corrected chi connectivity index (χ1v) is 6.94. The summed E-state index contributed by atoms with van der Waals surface area (Å²) >= 11 is 0. The second kappa shape index (κ2) is 8.32. The van der Waals surface area contributed by atoms with E-state index in [0.717, 1.165) is 6.42 Å². The van der Waals surface area contributed by atoms with Gasteiger partial charge in [-0.05, 0) is 30.7 Å². The topological polar surface area (TPSA) is 70.2 Å². The second-order valence-electron chi connectivity index (χ2n) is 4.92. The summed E-state index contributed by atoms with van der Waals surface area (Å²) in [7, 11) is 0. The van der Waals surface area contributed by atoms with Gasteiger partial charge in [-0.25, -0.2) is 0 Å². The number of carbonyl (C=O) groups excluding carboxylic acids is 2. The molecule has 0 unspecified atom stereocenters. The van der Waals surface area contributed by atoms with Crippen LogP contribution in [0.15, 0.2) is 24.3 Å². The summed E-state index contributed by atoms with van der Waals surface area (Å²) in [5, 5.41) is 8.62. The van der Waals surface area contributed by atoms with E-state index in [1.54, 1.807) is 24.3 Å². The fraction of sp³-hybridized carbons (Fsp3) is 0.467. The largest absolute Gasteiger partial charge is 0.352 e. The van der Waals surface area contributed by atoms with Crippen molar-refractivity contribution in [3.8, 4) is 0 Å². The zero-order valence-electron chi connectivity index (χ0n) is 12.3. The van der Waals surface area contributed by atoms with Crippen LogP contribution in [0.2, 0.25) is 0 Å². The molecule has 0 atom stereocenters. The molecule has 0 aliphatic carbocycles. The summed E-state index contributed by atoms with van der Waals surface area (Å²) < 4.78 is 0. The van der Waals surface area contributed by atoms with Crippen LogP contribution in [-0.4, -0.2) is 30.9 Å². The molecule has 1 aromatic rings. The van der Waals surface area contributed by atoms with Gasteiger partial charge < -0.3 is 16.0 Å². The van der Waals surface area contributed by atoms with Crippen LogP contribution >= 0.6 is 0 Å². The van der Waals surface area contributed by atoms with Crippen molar-refractivity contribution in [1.82, 2.24) is 10.6 Å². The molecule has 2 amide bonds. The Morgan fingerprint density at radius 1 is 1.15 bits per heavy atom. The van der Waals surface area contributed by atoms with Crippen LogP contribution in [0, 0.1) is 0 Å². The molecular weight excluding hydrogens is 254 g/mol. The number of benzene rings is 1. The molecule has 0 aromatic heterocycles. The van der Waals surface area contributed by atoms with Crippen LogP contribution in [0.3, 0.4) is 0 Å². The van der Waals surface area contributed by atoms with Crippen molar-refractivity contribution < 1.29 is 9.59 Å². The van der Waals surface area contributed by atoms with Crippen molar-refractivity contribution >= 4 is 17.5 Å². The van der Waals surface area contributed by atoms with E-state index in [-0.39, 0.29) is 24.4 Å². The van der Waals surface area contributed by atoms with Crippen molar-refractivity contribution in [2.24, 2.45) is 0 Å². The maximum absolute atomic E-state index is 11.7. The third kappa shape index (κ3) is 5.84. The van der Waals surface area contributed by atoms with E-state index in [1.165, 1.54) is 0 Å². The third-order valence-electron chi connectivity index (χ3n) is 2.64. The number of rotatable bonds is 7. The van der Waals surface area contributed by atoms with Gasteiger partial charge in [0.2, 0.25) is 5.91 Å². The second-order valence-corrected chi connectivity index (χ2v) is 4.92.